The molecule has 0 bridgehead atoms. The zero-order valence-electron chi connectivity index (χ0n) is 12.5. The lowest BCUT2D eigenvalue weighted by molar-refractivity contribution is -0.146. The molecule has 1 unspecified atom stereocenters. The quantitative estimate of drug-likeness (QED) is 0.518. The predicted octanol–water partition coefficient (Wildman–Crippen LogP) is 2.88. The molecule has 1 atom stereocenters. The Morgan fingerprint density at radius 2 is 1.79 bits per heavy atom. The average Bonchev–Trinajstić information content (AvgIpc) is 2.33. The van der Waals surface area contributed by atoms with E-state index in [9.17, 15) is 9.59 Å². The van der Waals surface area contributed by atoms with Gasteiger partial charge in [0.1, 0.15) is 6.04 Å². The second kappa shape index (κ2) is 10.6. The normalized spacial score (nSPS) is 12.1. The monoisotopic (exact) mass is 273 g/mol. The number of hydrogen-bond acceptors (Lipinski definition) is 4. The lowest BCUT2D eigenvalue weighted by Gasteiger charge is -2.19. The van der Waals surface area contributed by atoms with Crippen LogP contribution in [0.15, 0.2) is 0 Å². The van der Waals surface area contributed by atoms with Crippen LogP contribution in [0, 0.1) is 5.92 Å². The zero-order chi connectivity index (χ0) is 14.7. The lowest BCUT2D eigenvalue weighted by Crippen LogP contribution is -2.43. The molecule has 0 radical (unpaired) electrons. The molecular weight excluding hydrogens is 246 g/mol. The molecule has 1 amide bonds. The van der Waals surface area contributed by atoms with Crippen LogP contribution < -0.4 is 5.32 Å². The summed E-state index contributed by atoms with van der Waals surface area (Å²) in [6, 6.07) is -0.624. The predicted molar refractivity (Wildman–Crippen MR) is 73.9 cm³/mol. The van der Waals surface area contributed by atoms with Crippen LogP contribution in [0.5, 0.6) is 0 Å². The molecule has 0 aromatic carbocycles. The van der Waals surface area contributed by atoms with E-state index in [1.165, 1.54) is 0 Å². The van der Waals surface area contributed by atoms with Crippen molar-refractivity contribution in [3.63, 3.8) is 0 Å². The SMILES string of the molecule is CCCCCOC(=O)C(CC(C)C)NC(=O)OCC. The van der Waals surface area contributed by atoms with Crippen molar-refractivity contribution in [3.8, 4) is 0 Å². The Balaban J connectivity index is 4.23. The van der Waals surface area contributed by atoms with Crippen molar-refractivity contribution in [2.45, 2.75) is 59.4 Å². The molecule has 0 spiro atoms. The van der Waals surface area contributed by atoms with E-state index in [-0.39, 0.29) is 18.5 Å². The summed E-state index contributed by atoms with van der Waals surface area (Å²) in [6.45, 7) is 8.48. The van der Waals surface area contributed by atoms with Gasteiger partial charge in [-0.2, -0.15) is 0 Å². The van der Waals surface area contributed by atoms with Gasteiger partial charge in [0.2, 0.25) is 0 Å². The van der Waals surface area contributed by atoms with Gasteiger partial charge in [0.05, 0.1) is 13.2 Å². The molecule has 5 heteroatoms. The Hall–Kier alpha value is -1.26. The summed E-state index contributed by atoms with van der Waals surface area (Å²) in [7, 11) is 0. The number of carbonyl (C=O) groups excluding carboxylic acids is 2. The molecule has 0 aromatic heterocycles. The van der Waals surface area contributed by atoms with Crippen molar-refractivity contribution in [2.24, 2.45) is 5.92 Å². The van der Waals surface area contributed by atoms with Gasteiger partial charge in [-0.05, 0) is 25.7 Å². The Labute approximate surface area is 116 Å². The third-order valence-corrected chi connectivity index (χ3v) is 2.55. The minimum Gasteiger partial charge on any atom is -0.464 e. The molecule has 0 aliphatic rings. The number of carbonyl (C=O) groups is 2. The van der Waals surface area contributed by atoms with Crippen molar-refractivity contribution in [2.75, 3.05) is 13.2 Å². The van der Waals surface area contributed by atoms with E-state index in [0.29, 0.717) is 13.0 Å². The van der Waals surface area contributed by atoms with E-state index < -0.39 is 12.1 Å². The van der Waals surface area contributed by atoms with Crippen molar-refractivity contribution < 1.29 is 19.1 Å². The van der Waals surface area contributed by atoms with Crippen LogP contribution in [0.4, 0.5) is 4.79 Å². The highest BCUT2D eigenvalue weighted by molar-refractivity contribution is 5.81. The molecule has 0 aliphatic heterocycles. The number of nitrogens with one attached hydrogen (secondary N) is 1. The third-order valence-electron chi connectivity index (χ3n) is 2.55. The van der Waals surface area contributed by atoms with Gasteiger partial charge >= 0.3 is 12.1 Å². The first-order valence-corrected chi connectivity index (χ1v) is 7.11. The maximum Gasteiger partial charge on any atom is 0.407 e. The lowest BCUT2D eigenvalue weighted by atomic mass is 10.0. The van der Waals surface area contributed by atoms with Gasteiger partial charge in [-0.15, -0.1) is 0 Å². The van der Waals surface area contributed by atoms with Crippen LogP contribution in [0.3, 0.4) is 0 Å². The Kier molecular flexibility index (Phi) is 9.94. The number of alkyl carbamates (subject to hydrolysis) is 1. The first-order valence-electron chi connectivity index (χ1n) is 7.11. The van der Waals surface area contributed by atoms with Crippen LogP contribution in [0.25, 0.3) is 0 Å². The van der Waals surface area contributed by atoms with Crippen molar-refractivity contribution in [3.05, 3.63) is 0 Å². The van der Waals surface area contributed by atoms with Crippen molar-refractivity contribution in [1.82, 2.24) is 5.32 Å². The molecule has 0 saturated heterocycles. The summed E-state index contributed by atoms with van der Waals surface area (Å²) in [5.74, 6) is -0.0898. The van der Waals surface area contributed by atoms with Crippen molar-refractivity contribution in [1.29, 1.82) is 0 Å². The van der Waals surface area contributed by atoms with Gasteiger partial charge in [-0.1, -0.05) is 33.6 Å². The summed E-state index contributed by atoms with van der Waals surface area (Å²) in [4.78, 5) is 23.3. The molecule has 0 fully saturated rings. The van der Waals surface area contributed by atoms with Crippen molar-refractivity contribution >= 4 is 12.1 Å². The summed E-state index contributed by atoms with van der Waals surface area (Å²) in [5, 5.41) is 2.55. The summed E-state index contributed by atoms with van der Waals surface area (Å²) < 4.78 is 9.97. The summed E-state index contributed by atoms with van der Waals surface area (Å²) in [6.07, 6.45) is 2.95. The number of hydrogen-bond donors (Lipinski definition) is 1. The van der Waals surface area contributed by atoms with E-state index in [1.807, 2.05) is 13.8 Å². The first-order chi connectivity index (χ1) is 9.01. The second-order valence-corrected chi connectivity index (χ2v) is 4.92. The van der Waals surface area contributed by atoms with Gasteiger partial charge in [-0.25, -0.2) is 9.59 Å². The highest BCUT2D eigenvalue weighted by Crippen LogP contribution is 2.07. The zero-order valence-corrected chi connectivity index (χ0v) is 12.5. The van der Waals surface area contributed by atoms with Crippen LogP contribution in [0.2, 0.25) is 0 Å². The van der Waals surface area contributed by atoms with Gasteiger partial charge in [-0.3, -0.25) is 0 Å². The Morgan fingerprint density at radius 3 is 2.32 bits per heavy atom. The molecule has 0 heterocycles. The van der Waals surface area contributed by atoms with Gasteiger partial charge in [0, 0.05) is 0 Å². The molecule has 0 rings (SSSR count). The van der Waals surface area contributed by atoms with Crippen LogP contribution in [0.1, 0.15) is 53.4 Å². The standard InChI is InChI=1S/C14H27NO4/c1-5-7-8-9-19-13(16)12(10-11(3)4)15-14(17)18-6-2/h11-12H,5-10H2,1-4H3,(H,15,17). The second-order valence-electron chi connectivity index (χ2n) is 4.92. The third kappa shape index (κ3) is 9.33. The van der Waals surface area contributed by atoms with E-state index in [0.717, 1.165) is 19.3 Å². The van der Waals surface area contributed by atoms with E-state index >= 15 is 0 Å². The van der Waals surface area contributed by atoms with Gasteiger partial charge < -0.3 is 14.8 Å². The molecule has 0 aliphatic carbocycles. The molecular formula is C14H27NO4. The first kappa shape index (κ1) is 17.7. The molecule has 0 saturated carbocycles. The van der Waals surface area contributed by atoms with Crippen LogP contribution >= 0.6 is 0 Å². The van der Waals surface area contributed by atoms with Crippen LogP contribution in [-0.4, -0.2) is 31.3 Å². The minimum atomic E-state index is -0.624. The largest absolute Gasteiger partial charge is 0.464 e. The number of rotatable bonds is 9. The van der Waals surface area contributed by atoms with Gasteiger partial charge in [0.25, 0.3) is 0 Å². The maximum atomic E-state index is 11.9. The van der Waals surface area contributed by atoms with Crippen LogP contribution in [-0.2, 0) is 14.3 Å². The fraction of sp³-hybridized carbons (Fsp3) is 0.857. The van der Waals surface area contributed by atoms with E-state index in [1.54, 1.807) is 6.92 Å². The smallest absolute Gasteiger partial charge is 0.407 e. The summed E-state index contributed by atoms with van der Waals surface area (Å²) >= 11 is 0. The number of esters is 1. The highest BCUT2D eigenvalue weighted by atomic mass is 16.6. The van der Waals surface area contributed by atoms with E-state index in [4.69, 9.17) is 9.47 Å². The molecule has 5 nitrogen and oxygen atoms in total. The number of unbranched alkanes of at least 4 members (excludes halogenated alkanes) is 2. The summed E-state index contributed by atoms with van der Waals surface area (Å²) in [5.41, 5.74) is 0. The minimum absolute atomic E-state index is 0.284. The fourth-order valence-electron chi connectivity index (χ4n) is 1.63. The highest BCUT2D eigenvalue weighted by Gasteiger charge is 2.23. The average molecular weight is 273 g/mol. The molecule has 0 aromatic rings. The number of ether oxygens (including phenoxy) is 2. The Morgan fingerprint density at radius 1 is 1.11 bits per heavy atom. The molecule has 112 valence electrons. The molecule has 19 heavy (non-hydrogen) atoms. The maximum absolute atomic E-state index is 11.9. The van der Waals surface area contributed by atoms with E-state index in [2.05, 4.69) is 12.2 Å². The Bertz CT molecular complexity index is 266. The molecule has 1 N–H and O–H groups in total. The topological polar surface area (TPSA) is 64.6 Å². The van der Waals surface area contributed by atoms with Gasteiger partial charge in [0.15, 0.2) is 0 Å². The fourth-order valence-corrected chi connectivity index (χ4v) is 1.63. The number of amides is 1.